The van der Waals surface area contributed by atoms with Crippen LogP contribution in [-0.4, -0.2) is 58.2 Å². The number of nitrogens with zero attached hydrogens (tertiary/aromatic N) is 5. The van der Waals surface area contributed by atoms with E-state index in [4.69, 9.17) is 11.6 Å². The highest BCUT2D eigenvalue weighted by molar-refractivity contribution is 6.31. The van der Waals surface area contributed by atoms with Crippen LogP contribution in [0.1, 0.15) is 24.1 Å². The molecule has 7 nitrogen and oxygen atoms in total. The summed E-state index contributed by atoms with van der Waals surface area (Å²) in [6, 6.07) is 19.7. The van der Waals surface area contributed by atoms with E-state index in [2.05, 4.69) is 39.3 Å². The van der Waals surface area contributed by atoms with Gasteiger partial charge in [0.25, 0.3) is 0 Å². The SMILES string of the molecule is CC(c1ccccc1Cl)N1CCN(CC(=O)Nc2c(C#N)cnn2-c2ccccc2)CC1. The molecule has 3 aromatic rings. The summed E-state index contributed by atoms with van der Waals surface area (Å²) in [6.07, 6.45) is 1.47. The highest BCUT2D eigenvalue weighted by Gasteiger charge is 2.25. The zero-order chi connectivity index (χ0) is 22.5. The molecule has 1 fully saturated rings. The first-order valence-electron chi connectivity index (χ1n) is 10.6. The average molecular weight is 449 g/mol. The Morgan fingerprint density at radius 2 is 1.81 bits per heavy atom. The zero-order valence-electron chi connectivity index (χ0n) is 17.9. The molecule has 32 heavy (non-hydrogen) atoms. The topological polar surface area (TPSA) is 77.2 Å². The van der Waals surface area contributed by atoms with Gasteiger partial charge in [-0.3, -0.25) is 14.6 Å². The number of hydrogen-bond acceptors (Lipinski definition) is 5. The number of piperazine rings is 1. The number of rotatable bonds is 6. The number of nitrogens with one attached hydrogen (secondary N) is 1. The summed E-state index contributed by atoms with van der Waals surface area (Å²) in [4.78, 5) is 17.3. The van der Waals surface area contributed by atoms with Gasteiger partial charge >= 0.3 is 0 Å². The summed E-state index contributed by atoms with van der Waals surface area (Å²) in [5.74, 6) is 0.237. The van der Waals surface area contributed by atoms with Crippen molar-refractivity contribution in [2.24, 2.45) is 0 Å². The van der Waals surface area contributed by atoms with Gasteiger partial charge < -0.3 is 5.32 Å². The summed E-state index contributed by atoms with van der Waals surface area (Å²) in [6.45, 7) is 5.70. The van der Waals surface area contributed by atoms with E-state index >= 15 is 0 Å². The first kappa shape index (κ1) is 22.0. The molecule has 0 radical (unpaired) electrons. The molecule has 2 aromatic carbocycles. The lowest BCUT2D eigenvalue weighted by Gasteiger charge is -2.38. The van der Waals surface area contributed by atoms with Gasteiger partial charge in [0, 0.05) is 37.2 Å². The number of hydrogen-bond donors (Lipinski definition) is 1. The zero-order valence-corrected chi connectivity index (χ0v) is 18.7. The Morgan fingerprint density at radius 3 is 2.50 bits per heavy atom. The van der Waals surface area contributed by atoms with Gasteiger partial charge in [-0.05, 0) is 30.7 Å². The predicted molar refractivity (Wildman–Crippen MR) is 125 cm³/mol. The number of aromatic nitrogens is 2. The second-order valence-electron chi connectivity index (χ2n) is 7.82. The van der Waals surface area contributed by atoms with Crippen molar-refractivity contribution >= 4 is 23.3 Å². The third-order valence-electron chi connectivity index (χ3n) is 5.83. The van der Waals surface area contributed by atoms with Gasteiger partial charge in [-0.15, -0.1) is 0 Å². The van der Waals surface area contributed by atoms with Gasteiger partial charge in [0.1, 0.15) is 11.6 Å². The van der Waals surface area contributed by atoms with Gasteiger partial charge in [0.2, 0.25) is 5.91 Å². The Balaban J connectivity index is 1.36. The Bertz CT molecular complexity index is 1120. The lowest BCUT2D eigenvalue weighted by atomic mass is 10.1. The molecule has 2 heterocycles. The Hall–Kier alpha value is -3.18. The highest BCUT2D eigenvalue weighted by Crippen LogP contribution is 2.27. The maximum Gasteiger partial charge on any atom is 0.239 e. The molecule has 1 N–H and O–H groups in total. The lowest BCUT2D eigenvalue weighted by molar-refractivity contribution is -0.117. The number of nitriles is 1. The van der Waals surface area contributed by atoms with E-state index < -0.39 is 0 Å². The average Bonchev–Trinajstić information content (AvgIpc) is 3.22. The molecular formula is C24H25ClN6O. The number of halogens is 1. The smallest absolute Gasteiger partial charge is 0.239 e. The van der Waals surface area contributed by atoms with Crippen molar-refractivity contribution in [2.45, 2.75) is 13.0 Å². The number of benzene rings is 2. The molecule has 8 heteroatoms. The van der Waals surface area contributed by atoms with Crippen LogP contribution in [0.4, 0.5) is 5.82 Å². The van der Waals surface area contributed by atoms with Crippen LogP contribution < -0.4 is 5.32 Å². The molecule has 1 aliphatic rings. The van der Waals surface area contributed by atoms with Crippen LogP contribution in [0.25, 0.3) is 5.69 Å². The molecule has 0 bridgehead atoms. The summed E-state index contributed by atoms with van der Waals surface area (Å²) < 4.78 is 1.58. The summed E-state index contributed by atoms with van der Waals surface area (Å²) in [5.41, 5.74) is 2.24. The standard InChI is InChI=1S/C24H25ClN6O/c1-18(21-9-5-6-10-22(21)25)30-13-11-29(12-14-30)17-23(32)28-24-19(15-26)16-27-31(24)20-7-3-2-4-8-20/h2-10,16,18H,11-14,17H2,1H3,(H,28,32). The van der Waals surface area contributed by atoms with Crippen LogP contribution >= 0.6 is 11.6 Å². The van der Waals surface area contributed by atoms with E-state index in [0.29, 0.717) is 11.4 Å². The molecule has 1 atom stereocenters. The van der Waals surface area contributed by atoms with E-state index in [9.17, 15) is 10.1 Å². The number of para-hydroxylation sites is 1. The first-order valence-corrected chi connectivity index (χ1v) is 11.0. The number of carbonyl (C=O) groups excluding carboxylic acids is 1. The Morgan fingerprint density at radius 1 is 1.12 bits per heavy atom. The van der Waals surface area contributed by atoms with Crippen LogP contribution in [0.2, 0.25) is 5.02 Å². The monoisotopic (exact) mass is 448 g/mol. The third kappa shape index (κ3) is 4.83. The van der Waals surface area contributed by atoms with E-state index in [1.54, 1.807) is 4.68 Å². The van der Waals surface area contributed by atoms with Crippen molar-refractivity contribution in [1.82, 2.24) is 19.6 Å². The molecule has 0 aliphatic carbocycles. The number of carbonyl (C=O) groups is 1. The number of amides is 1. The van der Waals surface area contributed by atoms with Crippen molar-refractivity contribution in [3.63, 3.8) is 0 Å². The van der Waals surface area contributed by atoms with E-state index in [1.165, 1.54) is 6.20 Å². The Kier molecular flexibility index (Phi) is 6.86. The van der Waals surface area contributed by atoms with Crippen molar-refractivity contribution in [3.05, 3.63) is 76.9 Å². The molecule has 1 aliphatic heterocycles. The third-order valence-corrected chi connectivity index (χ3v) is 6.17. The van der Waals surface area contributed by atoms with Crippen LogP contribution in [0, 0.1) is 11.3 Å². The molecule has 1 aromatic heterocycles. The molecule has 1 saturated heterocycles. The highest BCUT2D eigenvalue weighted by atomic mass is 35.5. The van der Waals surface area contributed by atoms with Crippen molar-refractivity contribution in [1.29, 1.82) is 5.26 Å². The second-order valence-corrected chi connectivity index (χ2v) is 8.23. The maximum atomic E-state index is 12.8. The van der Waals surface area contributed by atoms with Gasteiger partial charge in [0.15, 0.2) is 5.82 Å². The molecular weight excluding hydrogens is 424 g/mol. The quantitative estimate of drug-likeness (QED) is 0.622. The van der Waals surface area contributed by atoms with Gasteiger partial charge in [-0.2, -0.15) is 10.4 Å². The molecule has 4 rings (SSSR count). The fourth-order valence-corrected chi connectivity index (χ4v) is 4.30. The van der Waals surface area contributed by atoms with Crippen LogP contribution in [-0.2, 0) is 4.79 Å². The van der Waals surface area contributed by atoms with Crippen LogP contribution in [0.3, 0.4) is 0 Å². The van der Waals surface area contributed by atoms with E-state index in [0.717, 1.165) is 42.5 Å². The van der Waals surface area contributed by atoms with Crippen LogP contribution in [0.5, 0.6) is 0 Å². The van der Waals surface area contributed by atoms with E-state index in [1.807, 2.05) is 48.5 Å². The van der Waals surface area contributed by atoms with E-state index in [-0.39, 0.29) is 18.5 Å². The minimum Gasteiger partial charge on any atom is -0.308 e. The van der Waals surface area contributed by atoms with Crippen LogP contribution in [0.15, 0.2) is 60.8 Å². The van der Waals surface area contributed by atoms with Crippen molar-refractivity contribution in [3.8, 4) is 11.8 Å². The minimum absolute atomic E-state index is 0.160. The van der Waals surface area contributed by atoms with Crippen molar-refractivity contribution < 1.29 is 4.79 Å². The van der Waals surface area contributed by atoms with Gasteiger partial charge in [-0.25, -0.2) is 4.68 Å². The second kappa shape index (κ2) is 9.96. The van der Waals surface area contributed by atoms with Gasteiger partial charge in [-0.1, -0.05) is 48.0 Å². The number of anilines is 1. The van der Waals surface area contributed by atoms with Crippen molar-refractivity contribution in [2.75, 3.05) is 38.0 Å². The first-order chi connectivity index (χ1) is 15.6. The minimum atomic E-state index is -0.160. The summed E-state index contributed by atoms with van der Waals surface area (Å²) >= 11 is 6.37. The largest absolute Gasteiger partial charge is 0.308 e. The molecule has 164 valence electrons. The fraction of sp³-hybridized carbons (Fsp3) is 0.292. The predicted octanol–water partition coefficient (Wildman–Crippen LogP) is 3.71. The van der Waals surface area contributed by atoms with Gasteiger partial charge in [0.05, 0.1) is 18.4 Å². The molecule has 1 amide bonds. The fourth-order valence-electron chi connectivity index (χ4n) is 4.01. The summed E-state index contributed by atoms with van der Waals surface area (Å²) in [5, 5.41) is 17.4. The normalized spacial score (nSPS) is 15.8. The molecule has 1 unspecified atom stereocenters. The maximum absolute atomic E-state index is 12.8. The summed E-state index contributed by atoms with van der Waals surface area (Å²) in [7, 11) is 0. The molecule has 0 saturated carbocycles. The Labute approximate surface area is 192 Å². The molecule has 0 spiro atoms. The lowest BCUT2D eigenvalue weighted by Crippen LogP contribution is -2.49.